The number of nitrogens with one attached hydrogen (secondary N) is 1. The predicted octanol–water partition coefficient (Wildman–Crippen LogP) is 2.31. The van der Waals surface area contributed by atoms with Gasteiger partial charge in [0.2, 0.25) is 5.89 Å². The fraction of sp³-hybridized carbons (Fsp3) is 0.273. The standard InChI is InChI=1S/C11H12ClN5O3/c1-16(2)11-14-10(20-15-11)6-13-9-4-3-7(17(18)19)5-8(9)12/h3-5,13H,6H2,1-2H3. The Bertz CT molecular complexity index is 628. The molecule has 8 nitrogen and oxygen atoms in total. The lowest BCUT2D eigenvalue weighted by Gasteiger charge is -2.05. The number of hydrogen-bond donors (Lipinski definition) is 1. The zero-order valence-electron chi connectivity index (χ0n) is 10.8. The molecule has 1 aromatic heterocycles. The van der Waals surface area contributed by atoms with Crippen LogP contribution in [0.2, 0.25) is 5.02 Å². The van der Waals surface area contributed by atoms with Crippen LogP contribution in [0.15, 0.2) is 22.7 Å². The van der Waals surface area contributed by atoms with Crippen LogP contribution in [-0.4, -0.2) is 29.2 Å². The molecule has 0 spiro atoms. The number of benzene rings is 1. The van der Waals surface area contributed by atoms with E-state index < -0.39 is 4.92 Å². The van der Waals surface area contributed by atoms with E-state index in [2.05, 4.69) is 15.5 Å². The summed E-state index contributed by atoms with van der Waals surface area (Å²) < 4.78 is 5.03. The Morgan fingerprint density at radius 1 is 1.50 bits per heavy atom. The molecule has 0 aliphatic heterocycles. The smallest absolute Gasteiger partial charge is 0.271 e. The Morgan fingerprint density at radius 3 is 2.80 bits per heavy atom. The van der Waals surface area contributed by atoms with Gasteiger partial charge in [0.25, 0.3) is 11.6 Å². The molecule has 1 aromatic carbocycles. The molecule has 0 unspecified atom stereocenters. The molecule has 0 saturated heterocycles. The van der Waals surface area contributed by atoms with Crippen molar-refractivity contribution < 1.29 is 9.45 Å². The third-order valence-corrected chi connectivity index (χ3v) is 2.76. The lowest BCUT2D eigenvalue weighted by molar-refractivity contribution is -0.384. The molecule has 0 radical (unpaired) electrons. The number of anilines is 2. The maximum Gasteiger partial charge on any atom is 0.271 e. The van der Waals surface area contributed by atoms with E-state index in [0.29, 0.717) is 17.5 Å². The molecule has 0 aliphatic carbocycles. The van der Waals surface area contributed by atoms with Crippen molar-refractivity contribution in [1.29, 1.82) is 0 Å². The van der Waals surface area contributed by atoms with Crippen LogP contribution in [0, 0.1) is 10.1 Å². The SMILES string of the molecule is CN(C)c1noc(CNc2ccc([N+](=O)[O-])cc2Cl)n1. The zero-order chi connectivity index (χ0) is 14.7. The molecule has 0 fully saturated rings. The van der Waals surface area contributed by atoms with E-state index in [-0.39, 0.29) is 17.3 Å². The number of hydrogen-bond acceptors (Lipinski definition) is 7. The summed E-state index contributed by atoms with van der Waals surface area (Å²) in [5.41, 5.74) is 0.495. The number of non-ortho nitro benzene ring substituents is 1. The number of nitro groups is 1. The summed E-state index contributed by atoms with van der Waals surface area (Å²) in [5, 5.41) is 17.6. The van der Waals surface area contributed by atoms with Crippen LogP contribution in [0.1, 0.15) is 5.89 Å². The van der Waals surface area contributed by atoms with Crippen molar-refractivity contribution >= 4 is 28.9 Å². The molecule has 9 heteroatoms. The highest BCUT2D eigenvalue weighted by molar-refractivity contribution is 6.33. The minimum Gasteiger partial charge on any atom is -0.375 e. The average Bonchev–Trinajstić information content (AvgIpc) is 2.86. The lowest BCUT2D eigenvalue weighted by Crippen LogP contribution is -2.10. The van der Waals surface area contributed by atoms with Crippen LogP contribution in [-0.2, 0) is 6.54 Å². The van der Waals surface area contributed by atoms with Crippen molar-refractivity contribution in [2.75, 3.05) is 24.3 Å². The summed E-state index contributed by atoms with van der Waals surface area (Å²) in [4.78, 5) is 15.9. The molecule has 2 rings (SSSR count). The van der Waals surface area contributed by atoms with Gasteiger partial charge in [-0.05, 0) is 11.2 Å². The molecule has 0 amide bonds. The van der Waals surface area contributed by atoms with Gasteiger partial charge >= 0.3 is 0 Å². The number of nitro benzene ring substituents is 1. The minimum absolute atomic E-state index is 0.0618. The normalized spacial score (nSPS) is 10.3. The average molecular weight is 298 g/mol. The first kappa shape index (κ1) is 14.1. The van der Waals surface area contributed by atoms with E-state index in [4.69, 9.17) is 16.1 Å². The monoisotopic (exact) mass is 297 g/mol. The van der Waals surface area contributed by atoms with E-state index in [1.807, 2.05) is 0 Å². The van der Waals surface area contributed by atoms with Crippen LogP contribution in [0.5, 0.6) is 0 Å². The van der Waals surface area contributed by atoms with Gasteiger partial charge in [0, 0.05) is 26.2 Å². The zero-order valence-corrected chi connectivity index (χ0v) is 11.6. The van der Waals surface area contributed by atoms with Gasteiger partial charge < -0.3 is 14.7 Å². The van der Waals surface area contributed by atoms with Crippen molar-refractivity contribution in [3.63, 3.8) is 0 Å². The van der Waals surface area contributed by atoms with Gasteiger partial charge in [-0.25, -0.2) is 0 Å². The Balaban J connectivity index is 2.05. The van der Waals surface area contributed by atoms with Crippen molar-refractivity contribution in [3.8, 4) is 0 Å². The Morgan fingerprint density at radius 2 is 2.25 bits per heavy atom. The van der Waals surface area contributed by atoms with E-state index in [0.717, 1.165) is 0 Å². The molecule has 2 aromatic rings. The van der Waals surface area contributed by atoms with Crippen LogP contribution < -0.4 is 10.2 Å². The summed E-state index contributed by atoms with van der Waals surface area (Å²) in [5.74, 6) is 0.861. The van der Waals surface area contributed by atoms with Gasteiger partial charge in [-0.1, -0.05) is 11.6 Å². The number of nitrogens with zero attached hydrogens (tertiary/aromatic N) is 4. The van der Waals surface area contributed by atoms with E-state index in [9.17, 15) is 10.1 Å². The fourth-order valence-corrected chi connectivity index (χ4v) is 1.67. The summed E-state index contributed by atoms with van der Waals surface area (Å²) in [6, 6.07) is 4.18. The second-order valence-corrected chi connectivity index (χ2v) is 4.56. The molecule has 0 aliphatic rings. The van der Waals surface area contributed by atoms with Gasteiger partial charge in [0.15, 0.2) is 0 Å². The minimum atomic E-state index is -0.503. The highest BCUT2D eigenvalue weighted by atomic mass is 35.5. The first-order chi connectivity index (χ1) is 9.47. The van der Waals surface area contributed by atoms with Gasteiger partial charge in [-0.15, -0.1) is 0 Å². The summed E-state index contributed by atoms with van der Waals surface area (Å²) in [6.45, 7) is 0.276. The maximum absolute atomic E-state index is 10.6. The van der Waals surface area contributed by atoms with Gasteiger partial charge in [0.1, 0.15) is 0 Å². The Hall–Kier alpha value is -2.35. The molecule has 0 bridgehead atoms. The third kappa shape index (κ3) is 3.15. The van der Waals surface area contributed by atoms with Crippen molar-refractivity contribution in [2.45, 2.75) is 6.54 Å². The predicted molar refractivity (Wildman–Crippen MR) is 74.1 cm³/mol. The maximum atomic E-state index is 10.6. The third-order valence-electron chi connectivity index (χ3n) is 2.45. The van der Waals surface area contributed by atoms with Crippen molar-refractivity contribution in [2.24, 2.45) is 0 Å². The lowest BCUT2D eigenvalue weighted by atomic mass is 10.3. The molecule has 1 heterocycles. The molecular weight excluding hydrogens is 286 g/mol. The summed E-state index contributed by atoms with van der Waals surface area (Å²) in [6.07, 6.45) is 0. The molecule has 0 atom stereocenters. The van der Waals surface area contributed by atoms with Gasteiger partial charge in [0.05, 0.1) is 22.2 Å². The van der Waals surface area contributed by atoms with Crippen LogP contribution in [0.25, 0.3) is 0 Å². The summed E-state index contributed by atoms with van der Waals surface area (Å²) >= 11 is 5.95. The van der Waals surface area contributed by atoms with E-state index in [1.54, 1.807) is 19.0 Å². The molecule has 106 valence electrons. The van der Waals surface area contributed by atoms with Crippen molar-refractivity contribution in [1.82, 2.24) is 10.1 Å². The van der Waals surface area contributed by atoms with Crippen LogP contribution >= 0.6 is 11.6 Å². The highest BCUT2D eigenvalue weighted by Gasteiger charge is 2.11. The first-order valence-electron chi connectivity index (χ1n) is 5.65. The second-order valence-electron chi connectivity index (χ2n) is 4.16. The number of halogens is 1. The van der Waals surface area contributed by atoms with E-state index in [1.165, 1.54) is 18.2 Å². The first-order valence-corrected chi connectivity index (χ1v) is 6.03. The molecule has 20 heavy (non-hydrogen) atoms. The number of rotatable bonds is 5. The number of aromatic nitrogens is 2. The highest BCUT2D eigenvalue weighted by Crippen LogP contribution is 2.26. The second kappa shape index (κ2) is 5.74. The molecular formula is C11H12ClN5O3. The van der Waals surface area contributed by atoms with E-state index >= 15 is 0 Å². The molecule has 0 saturated carbocycles. The van der Waals surface area contributed by atoms with Gasteiger partial charge in [-0.2, -0.15) is 4.98 Å². The van der Waals surface area contributed by atoms with Gasteiger partial charge in [-0.3, -0.25) is 10.1 Å². The topological polar surface area (TPSA) is 97.3 Å². The largest absolute Gasteiger partial charge is 0.375 e. The van der Waals surface area contributed by atoms with Crippen LogP contribution in [0.4, 0.5) is 17.3 Å². The van der Waals surface area contributed by atoms with Crippen molar-refractivity contribution in [3.05, 3.63) is 39.2 Å². The Kier molecular flexibility index (Phi) is 4.04. The quantitative estimate of drug-likeness (QED) is 0.668. The molecule has 1 N–H and O–H groups in total. The Labute approximate surface area is 119 Å². The fourth-order valence-electron chi connectivity index (χ4n) is 1.43. The van der Waals surface area contributed by atoms with Crippen LogP contribution in [0.3, 0.4) is 0 Å². The summed E-state index contributed by atoms with van der Waals surface area (Å²) in [7, 11) is 3.60.